The number of rotatable bonds is 9. The molecule has 8 nitrogen and oxygen atoms in total. The quantitative estimate of drug-likeness (QED) is 0.673. The van der Waals surface area contributed by atoms with Gasteiger partial charge < -0.3 is 19.7 Å². The maximum absolute atomic E-state index is 12.3. The van der Waals surface area contributed by atoms with Gasteiger partial charge >= 0.3 is 0 Å². The highest BCUT2D eigenvalue weighted by Crippen LogP contribution is 2.26. The Morgan fingerprint density at radius 1 is 1.37 bits per heavy atom. The highest BCUT2D eigenvalue weighted by atomic mass is 32.2. The lowest BCUT2D eigenvalue weighted by atomic mass is 10.1. The fourth-order valence-electron chi connectivity index (χ4n) is 3.08. The van der Waals surface area contributed by atoms with Crippen LogP contribution in [0.3, 0.4) is 0 Å². The average Bonchev–Trinajstić information content (AvgIpc) is 3.06. The second-order valence-corrected chi connectivity index (χ2v) is 8.89. The van der Waals surface area contributed by atoms with E-state index in [1.807, 2.05) is 25.1 Å². The first-order valence-electron chi connectivity index (χ1n) is 8.86. The van der Waals surface area contributed by atoms with E-state index in [4.69, 9.17) is 9.47 Å². The maximum atomic E-state index is 12.3. The van der Waals surface area contributed by atoms with E-state index in [2.05, 4.69) is 5.32 Å². The summed E-state index contributed by atoms with van der Waals surface area (Å²) in [6.45, 7) is 1.16. The third-order valence-electron chi connectivity index (χ3n) is 4.37. The van der Waals surface area contributed by atoms with Crippen molar-refractivity contribution in [2.24, 2.45) is 0 Å². The van der Waals surface area contributed by atoms with Crippen molar-refractivity contribution in [2.45, 2.75) is 25.5 Å². The van der Waals surface area contributed by atoms with Crippen LogP contribution in [0.4, 0.5) is 11.4 Å². The van der Waals surface area contributed by atoms with Crippen LogP contribution in [0.15, 0.2) is 18.2 Å². The summed E-state index contributed by atoms with van der Waals surface area (Å²) in [6, 6.07) is 5.46. The fraction of sp³-hybridized carbons (Fsp3) is 0.611. The minimum atomic E-state index is -3.41. The van der Waals surface area contributed by atoms with Crippen molar-refractivity contribution in [3.8, 4) is 0 Å². The van der Waals surface area contributed by atoms with E-state index < -0.39 is 10.0 Å². The number of hydrogen-bond acceptors (Lipinski definition) is 6. The monoisotopic (exact) mass is 399 g/mol. The molecule has 1 aromatic rings. The number of carbonyl (C=O) groups is 1. The lowest BCUT2D eigenvalue weighted by Crippen LogP contribution is -2.36. The Balaban J connectivity index is 2.26. The van der Waals surface area contributed by atoms with Crippen molar-refractivity contribution in [3.63, 3.8) is 0 Å². The molecule has 1 aliphatic heterocycles. The molecule has 0 saturated carbocycles. The summed E-state index contributed by atoms with van der Waals surface area (Å²) >= 11 is 0. The molecule has 27 heavy (non-hydrogen) atoms. The lowest BCUT2D eigenvalue weighted by Gasteiger charge is -2.26. The number of carbonyl (C=O) groups excluding carboxylic acids is 1. The molecule has 0 aliphatic carbocycles. The van der Waals surface area contributed by atoms with Gasteiger partial charge in [-0.2, -0.15) is 4.31 Å². The summed E-state index contributed by atoms with van der Waals surface area (Å²) in [5.74, 6) is -0.264. The Labute approximate surface area is 161 Å². The second-order valence-electron chi connectivity index (χ2n) is 6.91. The molecular formula is C18H29N3O5S. The molecule has 1 saturated heterocycles. The van der Waals surface area contributed by atoms with Crippen molar-refractivity contribution < 1.29 is 22.7 Å². The summed E-state index contributed by atoms with van der Waals surface area (Å²) < 4.78 is 36.5. The van der Waals surface area contributed by atoms with Crippen LogP contribution in [0.2, 0.25) is 0 Å². The Bertz CT molecular complexity index is 745. The number of benzene rings is 1. The molecule has 1 atom stereocenters. The summed E-state index contributed by atoms with van der Waals surface area (Å²) in [4.78, 5) is 13.7. The fourth-order valence-corrected chi connectivity index (χ4v) is 3.89. The molecule has 0 radical (unpaired) electrons. The van der Waals surface area contributed by atoms with Gasteiger partial charge in [0.2, 0.25) is 15.9 Å². The summed E-state index contributed by atoms with van der Waals surface area (Å²) in [7, 11) is 1.83. The average molecular weight is 400 g/mol. The van der Waals surface area contributed by atoms with Crippen LogP contribution in [-0.4, -0.2) is 72.0 Å². The number of anilines is 2. The van der Waals surface area contributed by atoms with Gasteiger partial charge in [-0.25, -0.2) is 8.42 Å². The molecule has 1 N–H and O–H groups in total. The maximum Gasteiger partial charge on any atom is 0.250 e. The first-order valence-corrected chi connectivity index (χ1v) is 10.7. The van der Waals surface area contributed by atoms with Gasteiger partial charge in [0.05, 0.1) is 12.4 Å². The molecular weight excluding hydrogens is 370 g/mol. The van der Waals surface area contributed by atoms with Crippen LogP contribution >= 0.6 is 0 Å². The van der Waals surface area contributed by atoms with E-state index >= 15 is 0 Å². The van der Waals surface area contributed by atoms with Crippen LogP contribution in [0.1, 0.15) is 18.4 Å². The predicted octanol–water partition coefficient (Wildman–Crippen LogP) is 1.28. The normalized spacial score (nSPS) is 17.3. The van der Waals surface area contributed by atoms with Gasteiger partial charge in [-0.05, 0) is 36.6 Å². The van der Waals surface area contributed by atoms with Crippen LogP contribution in [0.5, 0.6) is 0 Å². The Morgan fingerprint density at radius 3 is 2.67 bits per heavy atom. The molecule has 152 valence electrons. The van der Waals surface area contributed by atoms with Gasteiger partial charge in [0, 0.05) is 52.3 Å². The van der Waals surface area contributed by atoms with Crippen molar-refractivity contribution in [1.29, 1.82) is 0 Å². The van der Waals surface area contributed by atoms with Gasteiger partial charge in [0.15, 0.2) is 0 Å². The molecule has 1 aromatic carbocycles. The van der Waals surface area contributed by atoms with E-state index in [9.17, 15) is 13.2 Å². The molecule has 1 amide bonds. The van der Waals surface area contributed by atoms with Crippen molar-refractivity contribution in [3.05, 3.63) is 23.8 Å². The van der Waals surface area contributed by atoms with Crippen molar-refractivity contribution >= 4 is 27.3 Å². The minimum absolute atomic E-state index is 0.0424. The smallest absolute Gasteiger partial charge is 0.250 e. The summed E-state index contributed by atoms with van der Waals surface area (Å²) in [5, 5.41) is 2.76. The second kappa shape index (κ2) is 9.50. The summed E-state index contributed by atoms with van der Waals surface area (Å²) in [6.07, 6.45) is 2.94. The zero-order valence-corrected chi connectivity index (χ0v) is 17.2. The zero-order valence-electron chi connectivity index (χ0n) is 16.4. The molecule has 0 spiro atoms. The van der Waals surface area contributed by atoms with Crippen LogP contribution in [0.25, 0.3) is 0 Å². The Hall–Kier alpha value is -1.68. The first-order chi connectivity index (χ1) is 12.7. The van der Waals surface area contributed by atoms with E-state index in [0.29, 0.717) is 18.8 Å². The van der Waals surface area contributed by atoms with E-state index in [1.54, 1.807) is 12.1 Å². The first kappa shape index (κ1) is 21.6. The Kier molecular flexibility index (Phi) is 7.60. The lowest BCUT2D eigenvalue weighted by molar-refractivity contribution is -0.119. The van der Waals surface area contributed by atoms with Gasteiger partial charge in [-0.3, -0.25) is 4.79 Å². The van der Waals surface area contributed by atoms with Crippen molar-refractivity contribution in [1.82, 2.24) is 4.31 Å². The van der Waals surface area contributed by atoms with Crippen LogP contribution < -0.4 is 10.2 Å². The molecule has 2 rings (SSSR count). The number of ether oxygens (including phenoxy) is 2. The van der Waals surface area contributed by atoms with Crippen LogP contribution in [-0.2, 0) is 30.8 Å². The molecule has 0 aromatic heterocycles. The van der Waals surface area contributed by atoms with E-state index in [0.717, 1.165) is 24.1 Å². The topological polar surface area (TPSA) is 88.2 Å². The molecule has 1 aliphatic rings. The number of nitrogens with zero attached hydrogens (tertiary/aromatic N) is 2. The predicted molar refractivity (Wildman–Crippen MR) is 106 cm³/mol. The highest BCUT2D eigenvalue weighted by molar-refractivity contribution is 7.88. The number of hydrogen-bond donors (Lipinski definition) is 1. The third kappa shape index (κ3) is 6.46. The number of amides is 1. The zero-order chi connectivity index (χ0) is 20.0. The van der Waals surface area contributed by atoms with Gasteiger partial charge in [-0.1, -0.05) is 0 Å². The molecule has 1 heterocycles. The highest BCUT2D eigenvalue weighted by Gasteiger charge is 2.26. The SMILES string of the molecule is COCC(=O)Nc1ccc(N(C)C)c(CN(CC2CCCO2)S(C)(=O)=O)c1. The number of methoxy groups -OCH3 is 1. The molecule has 1 unspecified atom stereocenters. The molecule has 1 fully saturated rings. The molecule has 0 bridgehead atoms. The standard InChI is InChI=1S/C18H29N3O5S/c1-20(2)17-8-7-15(19-18(22)13-25-3)10-14(17)11-21(27(4,23)24)12-16-6-5-9-26-16/h7-8,10,16H,5-6,9,11-13H2,1-4H3,(H,19,22). The van der Waals surface area contributed by atoms with Gasteiger partial charge in [0.25, 0.3) is 0 Å². The van der Waals surface area contributed by atoms with E-state index in [-0.39, 0.29) is 25.2 Å². The summed E-state index contributed by atoms with van der Waals surface area (Å²) in [5.41, 5.74) is 2.29. The number of sulfonamides is 1. The minimum Gasteiger partial charge on any atom is -0.377 e. The van der Waals surface area contributed by atoms with E-state index in [1.165, 1.54) is 17.7 Å². The Morgan fingerprint density at radius 2 is 2.11 bits per heavy atom. The van der Waals surface area contributed by atoms with Crippen LogP contribution in [0, 0.1) is 0 Å². The van der Waals surface area contributed by atoms with Crippen molar-refractivity contribution in [2.75, 3.05) is 57.4 Å². The largest absolute Gasteiger partial charge is 0.377 e. The van der Waals surface area contributed by atoms with Gasteiger partial charge in [0.1, 0.15) is 6.61 Å². The van der Waals surface area contributed by atoms with Gasteiger partial charge in [-0.15, -0.1) is 0 Å². The number of nitrogens with one attached hydrogen (secondary N) is 1. The third-order valence-corrected chi connectivity index (χ3v) is 5.58. The molecule has 9 heteroatoms.